The molecule has 0 aliphatic rings. The first-order valence-electron chi connectivity index (χ1n) is 3.62. The zero-order valence-corrected chi connectivity index (χ0v) is 7.04. The summed E-state index contributed by atoms with van der Waals surface area (Å²) < 4.78 is 9.53. The van der Waals surface area contributed by atoms with Gasteiger partial charge in [-0.1, -0.05) is 0 Å². The summed E-state index contributed by atoms with van der Waals surface area (Å²) in [5.74, 6) is 0.337. The number of nitrogens with zero attached hydrogens (tertiary/aromatic N) is 1. The molecule has 0 saturated carbocycles. The lowest BCUT2D eigenvalue weighted by molar-refractivity contribution is -0.578. The number of furan rings is 1. The van der Waals surface area contributed by atoms with Crippen LogP contribution in [0.3, 0.4) is 0 Å². The van der Waals surface area contributed by atoms with E-state index in [1.165, 1.54) is 13.4 Å². The Hall–Kier alpha value is -1.40. The quantitative estimate of drug-likeness (QED) is 0.420. The molecule has 2 N–H and O–H groups in total. The van der Waals surface area contributed by atoms with Gasteiger partial charge in [-0.15, -0.1) is 0 Å². The summed E-state index contributed by atoms with van der Waals surface area (Å²) in [5, 5.41) is 10.4. The van der Waals surface area contributed by atoms with E-state index in [1.807, 2.05) is 0 Å². The largest absolute Gasteiger partial charge is 0.467 e. The number of nitrogens with two attached hydrogens (primary N) is 1. The van der Waals surface area contributed by atoms with Gasteiger partial charge < -0.3 is 14.9 Å². The summed E-state index contributed by atoms with van der Waals surface area (Å²) in [6.45, 7) is 0. The fraction of sp³-hybridized carbons (Fsp3) is 0.429. The molecule has 6 nitrogen and oxygen atoms in total. The van der Waals surface area contributed by atoms with Crippen LogP contribution in [-0.4, -0.2) is 18.3 Å². The van der Waals surface area contributed by atoms with Crippen molar-refractivity contribution in [2.75, 3.05) is 7.11 Å². The van der Waals surface area contributed by atoms with Crippen LogP contribution in [0.5, 0.6) is 0 Å². The first-order chi connectivity index (χ1) is 6.16. The normalized spacial score (nSPS) is 15.2. The fourth-order valence-corrected chi connectivity index (χ4v) is 0.985. The topological polar surface area (TPSA) is 91.5 Å². The van der Waals surface area contributed by atoms with Gasteiger partial charge in [0.25, 0.3) is 0 Å². The van der Waals surface area contributed by atoms with Crippen LogP contribution < -0.4 is 5.73 Å². The Kier molecular flexibility index (Phi) is 2.99. The molecular weight excluding hydrogens is 176 g/mol. The second kappa shape index (κ2) is 4.01. The van der Waals surface area contributed by atoms with Crippen molar-refractivity contribution in [1.29, 1.82) is 0 Å². The van der Waals surface area contributed by atoms with Crippen LogP contribution in [0, 0.1) is 10.1 Å². The number of hydrogen-bond donors (Lipinski definition) is 1. The third-order valence-corrected chi connectivity index (χ3v) is 1.63. The zero-order chi connectivity index (χ0) is 9.84. The Bertz CT molecular complexity index is 272. The maximum atomic E-state index is 10.4. The molecule has 2 unspecified atom stereocenters. The smallest absolute Gasteiger partial charge is 0.337 e. The highest BCUT2D eigenvalue weighted by atomic mass is 16.7. The van der Waals surface area contributed by atoms with Gasteiger partial charge >= 0.3 is 6.23 Å². The van der Waals surface area contributed by atoms with E-state index >= 15 is 0 Å². The first kappa shape index (κ1) is 9.69. The number of methoxy groups -OCH3 is 1. The van der Waals surface area contributed by atoms with E-state index < -0.39 is 17.2 Å². The lowest BCUT2D eigenvalue weighted by Gasteiger charge is -2.12. The highest BCUT2D eigenvalue weighted by molar-refractivity contribution is 5.04. The van der Waals surface area contributed by atoms with E-state index in [1.54, 1.807) is 12.1 Å². The van der Waals surface area contributed by atoms with Crippen molar-refractivity contribution in [2.45, 2.75) is 12.3 Å². The highest BCUT2D eigenvalue weighted by Gasteiger charge is 2.31. The predicted octanol–water partition coefficient (Wildman–Crippen LogP) is 0.529. The average Bonchev–Trinajstić information content (AvgIpc) is 2.56. The lowest BCUT2D eigenvalue weighted by atomic mass is 10.2. The van der Waals surface area contributed by atoms with E-state index in [-0.39, 0.29) is 0 Å². The van der Waals surface area contributed by atoms with Crippen molar-refractivity contribution in [1.82, 2.24) is 0 Å². The van der Waals surface area contributed by atoms with Crippen LogP contribution in [-0.2, 0) is 4.74 Å². The van der Waals surface area contributed by atoms with Crippen LogP contribution in [0.25, 0.3) is 0 Å². The fourth-order valence-electron chi connectivity index (χ4n) is 0.985. The minimum atomic E-state index is -1.27. The predicted molar refractivity (Wildman–Crippen MR) is 43.4 cm³/mol. The number of rotatable bonds is 4. The van der Waals surface area contributed by atoms with Crippen molar-refractivity contribution in [2.24, 2.45) is 5.73 Å². The molecule has 0 amide bonds. The molecule has 2 atom stereocenters. The van der Waals surface area contributed by atoms with E-state index in [0.29, 0.717) is 5.76 Å². The molecule has 0 radical (unpaired) electrons. The number of hydrogen-bond acceptors (Lipinski definition) is 5. The number of nitro groups is 1. The SMILES string of the molecule is COC(C(N)c1ccco1)[N+](=O)[O-]. The Morgan fingerprint density at radius 3 is 2.85 bits per heavy atom. The molecule has 1 rings (SSSR count). The molecule has 13 heavy (non-hydrogen) atoms. The summed E-state index contributed by atoms with van der Waals surface area (Å²) in [4.78, 5) is 9.84. The molecule has 0 aliphatic heterocycles. The molecule has 0 aliphatic carbocycles. The van der Waals surface area contributed by atoms with Gasteiger partial charge in [-0.3, -0.25) is 10.1 Å². The molecule has 6 heteroatoms. The molecule has 1 aromatic heterocycles. The van der Waals surface area contributed by atoms with Gasteiger partial charge in [0.05, 0.1) is 11.2 Å². The lowest BCUT2D eigenvalue weighted by Crippen LogP contribution is -2.34. The Balaban J connectivity index is 2.76. The maximum absolute atomic E-state index is 10.4. The number of ether oxygens (including phenoxy) is 1. The van der Waals surface area contributed by atoms with Crippen molar-refractivity contribution in [3.8, 4) is 0 Å². The van der Waals surface area contributed by atoms with E-state index in [9.17, 15) is 10.1 Å². The molecule has 1 aromatic rings. The van der Waals surface area contributed by atoms with Gasteiger partial charge in [0, 0.05) is 7.11 Å². The van der Waals surface area contributed by atoms with E-state index in [4.69, 9.17) is 10.2 Å². The molecule has 0 fully saturated rings. The van der Waals surface area contributed by atoms with Crippen molar-refractivity contribution in [3.63, 3.8) is 0 Å². The molecule has 1 heterocycles. The van der Waals surface area contributed by atoms with Crippen molar-refractivity contribution < 1.29 is 14.1 Å². The first-order valence-corrected chi connectivity index (χ1v) is 3.62. The molecular formula is C7H10N2O4. The minimum absolute atomic E-state index is 0.337. The zero-order valence-electron chi connectivity index (χ0n) is 7.04. The molecule has 0 spiro atoms. The van der Waals surface area contributed by atoms with E-state index in [0.717, 1.165) is 0 Å². The monoisotopic (exact) mass is 186 g/mol. The summed E-state index contributed by atoms with van der Waals surface area (Å²) >= 11 is 0. The molecule has 0 saturated heterocycles. The van der Waals surface area contributed by atoms with Gasteiger partial charge in [0.15, 0.2) is 6.04 Å². The van der Waals surface area contributed by atoms with Crippen LogP contribution in [0.2, 0.25) is 0 Å². The van der Waals surface area contributed by atoms with E-state index in [2.05, 4.69) is 4.74 Å². The minimum Gasteiger partial charge on any atom is -0.467 e. The molecule has 0 aromatic carbocycles. The van der Waals surface area contributed by atoms with Gasteiger partial charge in [0.2, 0.25) is 0 Å². The summed E-state index contributed by atoms with van der Waals surface area (Å²) in [6.07, 6.45) is 0.133. The third-order valence-electron chi connectivity index (χ3n) is 1.63. The van der Waals surface area contributed by atoms with Crippen molar-refractivity contribution >= 4 is 0 Å². The Labute approximate surface area is 74.4 Å². The molecule has 72 valence electrons. The Morgan fingerprint density at radius 1 is 1.77 bits per heavy atom. The van der Waals surface area contributed by atoms with Crippen LogP contribution in [0.4, 0.5) is 0 Å². The van der Waals surface area contributed by atoms with Gasteiger partial charge in [-0.25, -0.2) is 0 Å². The van der Waals surface area contributed by atoms with Crippen LogP contribution in [0.15, 0.2) is 22.8 Å². The van der Waals surface area contributed by atoms with Crippen LogP contribution in [0.1, 0.15) is 11.8 Å². The third kappa shape index (κ3) is 2.04. The van der Waals surface area contributed by atoms with Gasteiger partial charge in [-0.05, 0) is 12.1 Å². The average molecular weight is 186 g/mol. The Morgan fingerprint density at radius 2 is 2.46 bits per heavy atom. The van der Waals surface area contributed by atoms with Gasteiger partial charge in [0.1, 0.15) is 5.76 Å². The summed E-state index contributed by atoms with van der Waals surface area (Å²) in [5.41, 5.74) is 5.53. The van der Waals surface area contributed by atoms with Gasteiger partial charge in [-0.2, -0.15) is 0 Å². The molecule has 0 bridgehead atoms. The second-order valence-corrected chi connectivity index (χ2v) is 2.45. The maximum Gasteiger partial charge on any atom is 0.337 e. The highest BCUT2D eigenvalue weighted by Crippen LogP contribution is 2.16. The summed E-state index contributed by atoms with van der Waals surface area (Å²) in [7, 11) is 1.23. The summed E-state index contributed by atoms with van der Waals surface area (Å²) in [6, 6.07) is 2.30. The van der Waals surface area contributed by atoms with Crippen molar-refractivity contribution in [3.05, 3.63) is 34.3 Å². The van der Waals surface area contributed by atoms with Crippen LogP contribution >= 0.6 is 0 Å². The standard InChI is InChI=1S/C7H10N2O4/c1-12-7(9(10)11)6(8)5-3-2-4-13-5/h2-4,6-7H,8H2,1H3. The second-order valence-electron chi connectivity index (χ2n) is 2.45.